The van der Waals surface area contributed by atoms with Crippen LogP contribution in [0.25, 0.3) is 0 Å². The van der Waals surface area contributed by atoms with Crippen molar-refractivity contribution in [2.45, 2.75) is 25.6 Å². The number of pyridine rings is 1. The van der Waals surface area contributed by atoms with E-state index < -0.39 is 42.2 Å². The lowest BCUT2D eigenvalue weighted by atomic mass is 9.97. The molecule has 0 spiro atoms. The van der Waals surface area contributed by atoms with Crippen LogP contribution in [0.5, 0.6) is 0 Å². The average Bonchev–Trinajstić information content (AvgIpc) is 2.81. The number of alkyl halides is 3. The highest BCUT2D eigenvalue weighted by Gasteiger charge is 2.31. The van der Waals surface area contributed by atoms with Crippen molar-refractivity contribution < 1.29 is 32.3 Å². The Balaban J connectivity index is 1.36. The Labute approximate surface area is 188 Å². The van der Waals surface area contributed by atoms with Gasteiger partial charge in [0.25, 0.3) is 5.91 Å². The van der Waals surface area contributed by atoms with E-state index in [1.165, 1.54) is 6.07 Å². The van der Waals surface area contributed by atoms with Gasteiger partial charge in [-0.25, -0.2) is 9.78 Å². The second-order valence-corrected chi connectivity index (χ2v) is 7.49. The van der Waals surface area contributed by atoms with Crippen LogP contribution in [-0.2, 0) is 27.0 Å². The molecule has 11 heteroatoms. The van der Waals surface area contributed by atoms with E-state index in [1.807, 2.05) is 30.3 Å². The summed E-state index contributed by atoms with van der Waals surface area (Å²) in [6.07, 6.45) is -2.86. The van der Waals surface area contributed by atoms with Crippen LogP contribution in [0, 0.1) is 5.92 Å². The SMILES string of the molecule is O=C(COC(=O)C1CCN(c2ccc(C(F)(F)F)cn2)CC1)NC(=O)NCc1ccccc1. The Kier molecular flexibility index (Phi) is 7.86. The highest BCUT2D eigenvalue weighted by molar-refractivity contribution is 5.95. The van der Waals surface area contributed by atoms with Gasteiger partial charge in [0.2, 0.25) is 0 Å². The molecule has 1 aliphatic heterocycles. The minimum absolute atomic E-state index is 0.242. The monoisotopic (exact) mass is 464 g/mol. The molecule has 0 radical (unpaired) electrons. The highest BCUT2D eigenvalue weighted by Crippen LogP contribution is 2.30. The molecule has 1 saturated heterocycles. The number of piperidine rings is 1. The first-order valence-electron chi connectivity index (χ1n) is 10.3. The largest absolute Gasteiger partial charge is 0.455 e. The molecule has 0 saturated carbocycles. The van der Waals surface area contributed by atoms with Gasteiger partial charge in [0.1, 0.15) is 5.82 Å². The summed E-state index contributed by atoms with van der Waals surface area (Å²) in [7, 11) is 0. The first-order valence-corrected chi connectivity index (χ1v) is 10.3. The zero-order chi connectivity index (χ0) is 23.8. The highest BCUT2D eigenvalue weighted by atomic mass is 19.4. The van der Waals surface area contributed by atoms with Crippen molar-refractivity contribution in [1.29, 1.82) is 0 Å². The third-order valence-corrected chi connectivity index (χ3v) is 5.12. The third kappa shape index (κ3) is 7.19. The van der Waals surface area contributed by atoms with Gasteiger partial charge in [0.05, 0.1) is 11.5 Å². The molecule has 2 aromatic rings. The van der Waals surface area contributed by atoms with E-state index in [4.69, 9.17) is 4.74 Å². The maximum absolute atomic E-state index is 12.7. The van der Waals surface area contributed by atoms with Crippen molar-refractivity contribution in [2.24, 2.45) is 5.92 Å². The second kappa shape index (κ2) is 10.8. The number of amides is 3. The number of anilines is 1. The fourth-order valence-electron chi connectivity index (χ4n) is 3.32. The number of hydrogen-bond acceptors (Lipinski definition) is 6. The number of halogens is 3. The lowest BCUT2D eigenvalue weighted by Crippen LogP contribution is -2.42. The predicted molar refractivity (Wildman–Crippen MR) is 112 cm³/mol. The number of esters is 1. The lowest BCUT2D eigenvalue weighted by Gasteiger charge is -2.31. The summed E-state index contributed by atoms with van der Waals surface area (Å²) in [5.41, 5.74) is 0.0427. The van der Waals surface area contributed by atoms with Gasteiger partial charge in [-0.2, -0.15) is 13.2 Å². The van der Waals surface area contributed by atoms with Crippen molar-refractivity contribution in [3.63, 3.8) is 0 Å². The number of carbonyl (C=O) groups excluding carboxylic acids is 3. The van der Waals surface area contributed by atoms with Crippen LogP contribution >= 0.6 is 0 Å². The summed E-state index contributed by atoms with van der Waals surface area (Å²) >= 11 is 0. The second-order valence-electron chi connectivity index (χ2n) is 7.49. The van der Waals surface area contributed by atoms with Gasteiger partial charge in [-0.3, -0.25) is 14.9 Å². The van der Waals surface area contributed by atoms with Crippen molar-refractivity contribution in [2.75, 3.05) is 24.6 Å². The van der Waals surface area contributed by atoms with Crippen molar-refractivity contribution in [1.82, 2.24) is 15.6 Å². The minimum Gasteiger partial charge on any atom is -0.455 e. The fraction of sp³-hybridized carbons (Fsp3) is 0.364. The van der Waals surface area contributed by atoms with Crippen LogP contribution in [0.15, 0.2) is 48.7 Å². The molecule has 3 rings (SSSR count). The molecule has 33 heavy (non-hydrogen) atoms. The number of nitrogens with zero attached hydrogens (tertiary/aromatic N) is 2. The third-order valence-electron chi connectivity index (χ3n) is 5.12. The van der Waals surface area contributed by atoms with Gasteiger partial charge >= 0.3 is 18.2 Å². The van der Waals surface area contributed by atoms with Crippen LogP contribution in [0.4, 0.5) is 23.8 Å². The van der Waals surface area contributed by atoms with Crippen LogP contribution in [-0.4, -0.2) is 42.6 Å². The van der Waals surface area contributed by atoms with Gasteiger partial charge in [-0.1, -0.05) is 30.3 Å². The zero-order valence-corrected chi connectivity index (χ0v) is 17.6. The van der Waals surface area contributed by atoms with E-state index in [2.05, 4.69) is 15.6 Å². The number of nitrogens with one attached hydrogen (secondary N) is 2. The lowest BCUT2D eigenvalue weighted by molar-refractivity contribution is -0.153. The molecule has 2 N–H and O–H groups in total. The van der Waals surface area contributed by atoms with Crippen LogP contribution in [0.1, 0.15) is 24.0 Å². The number of rotatable bonds is 6. The molecule has 2 heterocycles. The molecule has 0 atom stereocenters. The van der Waals surface area contributed by atoms with Crippen LogP contribution in [0.3, 0.4) is 0 Å². The number of benzene rings is 1. The summed E-state index contributed by atoms with van der Waals surface area (Å²) in [6.45, 7) is 0.475. The van der Waals surface area contributed by atoms with Crippen molar-refractivity contribution >= 4 is 23.7 Å². The Morgan fingerprint density at radius 3 is 2.36 bits per heavy atom. The number of aromatic nitrogens is 1. The maximum atomic E-state index is 12.7. The van der Waals surface area contributed by atoms with E-state index in [0.717, 1.165) is 17.8 Å². The summed E-state index contributed by atoms with van der Waals surface area (Å²) in [5.74, 6) is -1.36. The van der Waals surface area contributed by atoms with Crippen molar-refractivity contribution in [3.8, 4) is 0 Å². The summed E-state index contributed by atoms with van der Waals surface area (Å²) in [4.78, 5) is 41.5. The zero-order valence-electron chi connectivity index (χ0n) is 17.6. The van der Waals surface area contributed by atoms with Gasteiger partial charge < -0.3 is 15.0 Å². The van der Waals surface area contributed by atoms with Crippen molar-refractivity contribution in [3.05, 3.63) is 59.8 Å². The molecular weight excluding hydrogens is 441 g/mol. The normalized spacial score (nSPS) is 14.5. The fourth-order valence-corrected chi connectivity index (χ4v) is 3.32. The molecular formula is C22H23F3N4O4. The summed E-state index contributed by atoms with van der Waals surface area (Å²) in [5, 5.41) is 4.62. The number of hydrogen-bond donors (Lipinski definition) is 2. The molecule has 0 bridgehead atoms. The van der Waals surface area contributed by atoms with Gasteiger partial charge in [0.15, 0.2) is 6.61 Å². The first-order chi connectivity index (χ1) is 15.7. The molecule has 3 amide bonds. The standard InChI is InChI=1S/C22H23F3N4O4/c23-22(24,25)17-6-7-18(26-13-17)29-10-8-16(9-11-29)20(31)33-14-19(30)28-21(32)27-12-15-4-2-1-3-5-15/h1-7,13,16H,8-12,14H2,(H2,27,28,30,32). The molecule has 176 valence electrons. The van der Waals surface area contributed by atoms with Crippen LogP contribution < -0.4 is 15.5 Å². The Hall–Kier alpha value is -3.63. The van der Waals surface area contributed by atoms with Gasteiger partial charge in [0, 0.05) is 25.8 Å². The Morgan fingerprint density at radius 1 is 1.06 bits per heavy atom. The predicted octanol–water partition coefficient (Wildman–Crippen LogP) is 2.89. The quantitative estimate of drug-likeness (QED) is 0.638. The first kappa shape index (κ1) is 24.0. The number of imide groups is 1. The van der Waals surface area contributed by atoms with E-state index in [9.17, 15) is 27.6 Å². The van der Waals surface area contributed by atoms with Gasteiger partial charge in [-0.15, -0.1) is 0 Å². The van der Waals surface area contributed by atoms with E-state index in [0.29, 0.717) is 31.7 Å². The Morgan fingerprint density at radius 2 is 1.76 bits per heavy atom. The average molecular weight is 464 g/mol. The summed E-state index contributed by atoms with van der Waals surface area (Å²) in [6, 6.07) is 10.7. The smallest absolute Gasteiger partial charge is 0.417 e. The molecule has 0 aliphatic carbocycles. The van der Waals surface area contributed by atoms with Gasteiger partial charge in [-0.05, 0) is 30.5 Å². The molecule has 1 aromatic heterocycles. The van der Waals surface area contributed by atoms with Crippen LogP contribution in [0.2, 0.25) is 0 Å². The van der Waals surface area contributed by atoms with E-state index >= 15 is 0 Å². The molecule has 1 fully saturated rings. The number of urea groups is 1. The summed E-state index contributed by atoms with van der Waals surface area (Å²) < 4.78 is 43.0. The molecule has 8 nitrogen and oxygen atoms in total. The topological polar surface area (TPSA) is 101 Å². The number of ether oxygens (including phenoxy) is 1. The minimum atomic E-state index is -4.45. The molecule has 1 aromatic carbocycles. The Bertz CT molecular complexity index is 960. The maximum Gasteiger partial charge on any atom is 0.417 e. The molecule has 0 unspecified atom stereocenters. The number of carbonyl (C=O) groups is 3. The molecule has 1 aliphatic rings. The van der Waals surface area contributed by atoms with E-state index in [-0.39, 0.29) is 6.54 Å². The van der Waals surface area contributed by atoms with E-state index in [1.54, 1.807) is 4.90 Å².